The van der Waals surface area contributed by atoms with E-state index in [2.05, 4.69) is 78.9 Å². The standard InChI is InChI=1S/C24H15NS2/c1-3-7-20-17(5-1)19-14-15(9-11-22(19)26-20)13-16-10-12-23-24(25-16)18-6-2-4-8-21(18)27-23/h1-12,14H,13H2. The van der Waals surface area contributed by atoms with Crippen LogP contribution in [0.3, 0.4) is 0 Å². The number of hydrogen-bond acceptors (Lipinski definition) is 3. The first-order valence-corrected chi connectivity index (χ1v) is 10.7. The lowest BCUT2D eigenvalue weighted by Gasteiger charge is -2.03. The van der Waals surface area contributed by atoms with Crippen molar-refractivity contribution in [2.24, 2.45) is 0 Å². The van der Waals surface area contributed by atoms with Crippen molar-refractivity contribution in [1.29, 1.82) is 0 Å². The van der Waals surface area contributed by atoms with Crippen LogP contribution in [0.15, 0.2) is 78.9 Å². The van der Waals surface area contributed by atoms with Crippen molar-refractivity contribution in [3.63, 3.8) is 0 Å². The molecule has 0 bridgehead atoms. The van der Waals surface area contributed by atoms with Crippen molar-refractivity contribution >= 4 is 63.1 Å². The van der Waals surface area contributed by atoms with Gasteiger partial charge in [0.1, 0.15) is 0 Å². The molecule has 0 unspecified atom stereocenters. The highest BCUT2D eigenvalue weighted by atomic mass is 32.1. The van der Waals surface area contributed by atoms with E-state index in [-0.39, 0.29) is 0 Å². The third-order valence-electron chi connectivity index (χ3n) is 5.10. The molecular formula is C24H15NS2. The first kappa shape index (κ1) is 15.3. The number of benzene rings is 3. The number of nitrogens with zero attached hydrogens (tertiary/aromatic N) is 1. The zero-order valence-electron chi connectivity index (χ0n) is 14.5. The Kier molecular flexibility index (Phi) is 3.34. The Morgan fingerprint density at radius 3 is 2.15 bits per heavy atom. The second-order valence-electron chi connectivity index (χ2n) is 6.85. The van der Waals surface area contributed by atoms with Gasteiger partial charge in [0.2, 0.25) is 0 Å². The van der Waals surface area contributed by atoms with Gasteiger partial charge >= 0.3 is 0 Å². The van der Waals surface area contributed by atoms with Crippen LogP contribution >= 0.6 is 22.7 Å². The van der Waals surface area contributed by atoms with Crippen LogP contribution in [-0.4, -0.2) is 4.98 Å². The van der Waals surface area contributed by atoms with Crippen LogP contribution in [0.2, 0.25) is 0 Å². The largest absolute Gasteiger partial charge is 0.251 e. The second-order valence-corrected chi connectivity index (χ2v) is 9.02. The van der Waals surface area contributed by atoms with Gasteiger partial charge in [-0.2, -0.15) is 0 Å². The highest BCUT2D eigenvalue weighted by Gasteiger charge is 2.09. The van der Waals surface area contributed by atoms with Crippen LogP contribution in [-0.2, 0) is 6.42 Å². The molecule has 3 heterocycles. The summed E-state index contributed by atoms with van der Waals surface area (Å²) in [5.74, 6) is 0. The lowest BCUT2D eigenvalue weighted by Crippen LogP contribution is -1.91. The van der Waals surface area contributed by atoms with Crippen LogP contribution in [0.4, 0.5) is 0 Å². The number of aromatic nitrogens is 1. The van der Waals surface area contributed by atoms with E-state index in [1.807, 2.05) is 22.7 Å². The molecule has 0 atom stereocenters. The van der Waals surface area contributed by atoms with Gasteiger partial charge in [0, 0.05) is 42.4 Å². The van der Waals surface area contributed by atoms with Gasteiger partial charge in [0.25, 0.3) is 0 Å². The van der Waals surface area contributed by atoms with Crippen molar-refractivity contribution in [2.75, 3.05) is 0 Å². The summed E-state index contributed by atoms with van der Waals surface area (Å²) in [5.41, 5.74) is 3.58. The van der Waals surface area contributed by atoms with Gasteiger partial charge in [-0.15, -0.1) is 22.7 Å². The monoisotopic (exact) mass is 381 g/mol. The minimum absolute atomic E-state index is 0.861. The Labute approximate surface area is 164 Å². The SMILES string of the molecule is c1ccc2c(c1)sc1ccc(Cc3ccc4sc5ccccc5c4n3)cc12. The van der Waals surface area contributed by atoms with Crippen molar-refractivity contribution in [2.45, 2.75) is 6.42 Å². The van der Waals surface area contributed by atoms with Gasteiger partial charge < -0.3 is 0 Å². The van der Waals surface area contributed by atoms with Gasteiger partial charge in [-0.25, -0.2) is 0 Å². The molecule has 3 aromatic heterocycles. The fourth-order valence-corrected chi connectivity index (χ4v) is 5.96. The summed E-state index contributed by atoms with van der Waals surface area (Å²) in [6.07, 6.45) is 0.861. The topological polar surface area (TPSA) is 12.9 Å². The van der Waals surface area contributed by atoms with Crippen LogP contribution < -0.4 is 0 Å². The third kappa shape index (κ3) is 2.47. The van der Waals surface area contributed by atoms with Crippen LogP contribution in [0, 0.1) is 0 Å². The predicted octanol–water partition coefficient (Wildman–Crippen LogP) is 7.41. The Hall–Kier alpha value is -2.75. The fourth-order valence-electron chi connectivity index (χ4n) is 3.82. The van der Waals surface area contributed by atoms with Crippen molar-refractivity contribution < 1.29 is 0 Å². The van der Waals surface area contributed by atoms with E-state index in [4.69, 9.17) is 4.98 Å². The molecule has 3 heteroatoms. The molecule has 6 rings (SSSR count). The second kappa shape index (κ2) is 5.88. The van der Waals surface area contributed by atoms with Crippen LogP contribution in [0.5, 0.6) is 0 Å². The molecule has 1 nitrogen and oxygen atoms in total. The number of fused-ring (bicyclic) bond motifs is 6. The normalized spacial score (nSPS) is 11.9. The summed E-state index contributed by atoms with van der Waals surface area (Å²) in [4.78, 5) is 5.00. The summed E-state index contributed by atoms with van der Waals surface area (Å²) in [6, 6.07) is 28.4. The Morgan fingerprint density at radius 2 is 1.26 bits per heavy atom. The molecule has 3 aromatic carbocycles. The Bertz CT molecular complexity index is 1340. The predicted molar refractivity (Wildman–Crippen MR) is 119 cm³/mol. The molecular weight excluding hydrogens is 366 g/mol. The summed E-state index contributed by atoms with van der Waals surface area (Å²) in [5, 5.41) is 3.97. The van der Waals surface area contributed by atoms with E-state index in [9.17, 15) is 0 Å². The molecule has 0 aliphatic rings. The molecule has 0 saturated heterocycles. The van der Waals surface area contributed by atoms with Crippen molar-refractivity contribution in [3.05, 3.63) is 90.1 Å². The van der Waals surface area contributed by atoms with Gasteiger partial charge in [0.05, 0.1) is 10.2 Å². The summed E-state index contributed by atoms with van der Waals surface area (Å²) < 4.78 is 5.28. The van der Waals surface area contributed by atoms with E-state index >= 15 is 0 Å². The Morgan fingerprint density at radius 1 is 0.593 bits per heavy atom. The van der Waals surface area contributed by atoms with Crippen LogP contribution in [0.25, 0.3) is 40.5 Å². The summed E-state index contributed by atoms with van der Waals surface area (Å²) in [6.45, 7) is 0. The van der Waals surface area contributed by atoms with Crippen LogP contribution in [0.1, 0.15) is 11.3 Å². The van der Waals surface area contributed by atoms with E-state index in [0.717, 1.165) is 17.6 Å². The fraction of sp³-hybridized carbons (Fsp3) is 0.0417. The van der Waals surface area contributed by atoms with Crippen molar-refractivity contribution in [1.82, 2.24) is 4.98 Å². The number of thiophene rings is 2. The molecule has 128 valence electrons. The van der Waals surface area contributed by atoms with Gasteiger partial charge in [-0.05, 0) is 42.0 Å². The quantitative estimate of drug-likeness (QED) is 0.304. The Balaban J connectivity index is 1.46. The van der Waals surface area contributed by atoms with Gasteiger partial charge in [-0.1, -0.05) is 42.5 Å². The zero-order chi connectivity index (χ0) is 17.8. The van der Waals surface area contributed by atoms with E-state index in [1.54, 1.807) is 0 Å². The lowest BCUT2D eigenvalue weighted by atomic mass is 10.1. The number of hydrogen-bond donors (Lipinski definition) is 0. The summed E-state index contributed by atoms with van der Waals surface area (Å²) in [7, 11) is 0. The molecule has 0 aliphatic carbocycles. The first-order chi connectivity index (χ1) is 13.3. The average Bonchev–Trinajstić information content (AvgIpc) is 3.26. The molecule has 0 fully saturated rings. The molecule has 0 N–H and O–H groups in total. The van der Waals surface area contributed by atoms with Crippen molar-refractivity contribution in [3.8, 4) is 0 Å². The molecule has 0 spiro atoms. The highest BCUT2D eigenvalue weighted by Crippen LogP contribution is 2.35. The maximum atomic E-state index is 5.00. The highest BCUT2D eigenvalue weighted by molar-refractivity contribution is 7.26. The molecule has 6 aromatic rings. The average molecular weight is 382 g/mol. The molecule has 0 radical (unpaired) electrons. The molecule has 0 amide bonds. The molecule has 0 saturated carbocycles. The van der Waals surface area contributed by atoms with E-state index in [0.29, 0.717) is 0 Å². The van der Waals surface area contributed by atoms with Gasteiger partial charge in [0.15, 0.2) is 0 Å². The number of pyridine rings is 1. The minimum Gasteiger partial charge on any atom is -0.251 e. The van der Waals surface area contributed by atoms with Gasteiger partial charge in [-0.3, -0.25) is 4.98 Å². The maximum Gasteiger partial charge on any atom is 0.0891 e. The molecule has 0 aliphatic heterocycles. The van der Waals surface area contributed by atoms with E-state index in [1.165, 1.54) is 40.5 Å². The van der Waals surface area contributed by atoms with E-state index < -0.39 is 0 Å². The third-order valence-corrected chi connectivity index (χ3v) is 7.38. The first-order valence-electron chi connectivity index (χ1n) is 9.02. The smallest absolute Gasteiger partial charge is 0.0891 e. The zero-order valence-corrected chi connectivity index (χ0v) is 16.1. The lowest BCUT2D eigenvalue weighted by molar-refractivity contribution is 1.11. The number of rotatable bonds is 2. The maximum absolute atomic E-state index is 5.00. The minimum atomic E-state index is 0.861. The molecule has 27 heavy (non-hydrogen) atoms. The summed E-state index contributed by atoms with van der Waals surface area (Å²) >= 11 is 3.69.